The predicted octanol–water partition coefficient (Wildman–Crippen LogP) is 5.70. The Morgan fingerprint density at radius 2 is 1.47 bits per heavy atom. The summed E-state index contributed by atoms with van der Waals surface area (Å²) >= 11 is 12.1. The van der Waals surface area contributed by atoms with Gasteiger partial charge in [-0.2, -0.15) is 0 Å². The highest BCUT2D eigenvalue weighted by atomic mass is 35.5. The lowest BCUT2D eigenvalue weighted by Gasteiger charge is -2.08. The van der Waals surface area contributed by atoms with Crippen molar-refractivity contribution in [3.8, 4) is 0 Å². The highest BCUT2D eigenvalue weighted by Crippen LogP contribution is 2.24. The molecule has 2 aromatic carbocycles. The second-order valence-electron chi connectivity index (χ2n) is 9.00. The van der Waals surface area contributed by atoms with Gasteiger partial charge in [-0.15, -0.1) is 0 Å². The van der Waals surface area contributed by atoms with Crippen LogP contribution in [-0.4, -0.2) is 51.3 Å². The molecule has 6 nitrogen and oxygen atoms in total. The number of ether oxygens (including phenoxy) is 2. The Morgan fingerprint density at radius 3 is 2.03 bits per heavy atom. The average Bonchev–Trinajstić information content (AvgIpc) is 3.79. The van der Waals surface area contributed by atoms with Gasteiger partial charge in [-0.05, 0) is 73.9 Å². The van der Waals surface area contributed by atoms with Crippen LogP contribution in [0.1, 0.15) is 63.9 Å². The molecule has 8 heteroatoms. The van der Waals surface area contributed by atoms with Gasteiger partial charge in [0.25, 0.3) is 11.8 Å². The molecule has 2 aliphatic rings. The van der Waals surface area contributed by atoms with Crippen molar-refractivity contribution in [1.82, 2.24) is 10.6 Å². The molecule has 194 valence electrons. The van der Waals surface area contributed by atoms with Gasteiger partial charge in [0.1, 0.15) is 0 Å². The van der Waals surface area contributed by atoms with E-state index in [0.29, 0.717) is 39.9 Å². The first-order valence-corrected chi connectivity index (χ1v) is 13.0. The predicted molar refractivity (Wildman–Crippen MR) is 145 cm³/mol. The summed E-state index contributed by atoms with van der Waals surface area (Å²) in [6, 6.07) is 11.8. The zero-order valence-corrected chi connectivity index (χ0v) is 22.3. The summed E-state index contributed by atoms with van der Waals surface area (Å²) in [6.07, 6.45) is 9.94. The van der Waals surface area contributed by atoms with Gasteiger partial charge >= 0.3 is 0 Å². The molecule has 0 spiro atoms. The first-order chi connectivity index (χ1) is 17.4. The molecule has 0 unspecified atom stereocenters. The van der Waals surface area contributed by atoms with Gasteiger partial charge in [0, 0.05) is 32.9 Å². The molecule has 2 amide bonds. The summed E-state index contributed by atoms with van der Waals surface area (Å²) in [5.41, 5.74) is 3.18. The second kappa shape index (κ2) is 14.4. The van der Waals surface area contributed by atoms with E-state index in [1.807, 2.05) is 30.4 Å². The van der Waals surface area contributed by atoms with Gasteiger partial charge < -0.3 is 20.1 Å². The summed E-state index contributed by atoms with van der Waals surface area (Å²) in [5.74, 6) is -0.152. The van der Waals surface area contributed by atoms with Crippen LogP contribution < -0.4 is 10.6 Å². The lowest BCUT2D eigenvalue weighted by molar-refractivity contribution is 0.0942. The first kappa shape index (κ1) is 28.2. The third-order valence-corrected chi connectivity index (χ3v) is 6.38. The minimum Gasteiger partial charge on any atom is -0.385 e. The smallest absolute Gasteiger partial charge is 0.253 e. The van der Waals surface area contributed by atoms with Gasteiger partial charge in [0.2, 0.25) is 0 Å². The van der Waals surface area contributed by atoms with Gasteiger partial charge in [-0.1, -0.05) is 47.5 Å². The van der Waals surface area contributed by atoms with Crippen LogP contribution in [0.25, 0.3) is 6.08 Å². The van der Waals surface area contributed by atoms with E-state index in [0.717, 1.165) is 56.3 Å². The summed E-state index contributed by atoms with van der Waals surface area (Å²) in [7, 11) is 3.33. The van der Waals surface area contributed by atoms with Gasteiger partial charge in [0.15, 0.2) is 0 Å². The van der Waals surface area contributed by atoms with E-state index < -0.39 is 0 Å². The maximum Gasteiger partial charge on any atom is 0.253 e. The largest absolute Gasteiger partial charge is 0.385 e. The molecular weight excluding hydrogens is 499 g/mol. The topological polar surface area (TPSA) is 76.7 Å². The van der Waals surface area contributed by atoms with Crippen molar-refractivity contribution < 1.29 is 19.1 Å². The summed E-state index contributed by atoms with van der Waals surface area (Å²) in [5, 5.41) is 6.89. The molecule has 2 N–H and O–H groups in total. The van der Waals surface area contributed by atoms with Crippen LogP contribution in [0.15, 0.2) is 42.5 Å². The van der Waals surface area contributed by atoms with Gasteiger partial charge in [-0.3, -0.25) is 9.59 Å². The van der Waals surface area contributed by atoms with E-state index >= 15 is 0 Å². The fourth-order valence-corrected chi connectivity index (χ4v) is 3.81. The normalized spacial score (nSPS) is 14.8. The zero-order valence-electron chi connectivity index (χ0n) is 20.8. The van der Waals surface area contributed by atoms with Crippen LogP contribution >= 0.6 is 23.2 Å². The van der Waals surface area contributed by atoms with Crippen LogP contribution in [0, 0.1) is 0 Å². The lowest BCUT2D eigenvalue weighted by atomic mass is 10.1. The Morgan fingerprint density at radius 1 is 0.889 bits per heavy atom. The van der Waals surface area contributed by atoms with Crippen LogP contribution in [0.3, 0.4) is 0 Å². The van der Waals surface area contributed by atoms with Crippen molar-refractivity contribution in [2.75, 3.05) is 27.4 Å². The number of aryl methyl sites for hydroxylation is 1. The lowest BCUT2D eigenvalue weighted by Crippen LogP contribution is -2.25. The van der Waals surface area contributed by atoms with Crippen molar-refractivity contribution in [2.45, 2.75) is 50.6 Å². The van der Waals surface area contributed by atoms with E-state index in [9.17, 15) is 9.59 Å². The molecule has 2 aromatic rings. The van der Waals surface area contributed by atoms with Crippen LogP contribution in [0.4, 0.5) is 0 Å². The molecular formula is C28H34Cl2N2O4. The van der Waals surface area contributed by atoms with Crippen molar-refractivity contribution in [2.24, 2.45) is 0 Å². The van der Waals surface area contributed by atoms with Crippen molar-refractivity contribution in [1.29, 1.82) is 0 Å². The minimum atomic E-state index is -0.0931. The Labute approximate surface area is 223 Å². The SMILES string of the molecule is COC/C=C/c1ccc(Cl)c(C(=O)NC2CC2)c1.COCCCc1ccc(Cl)c(C(=O)NC2CC2)c1. The molecule has 0 bridgehead atoms. The number of amides is 2. The molecule has 4 rings (SSSR count). The monoisotopic (exact) mass is 532 g/mol. The summed E-state index contributed by atoms with van der Waals surface area (Å²) < 4.78 is 9.95. The molecule has 36 heavy (non-hydrogen) atoms. The van der Waals surface area contributed by atoms with E-state index in [1.54, 1.807) is 32.4 Å². The molecule has 0 heterocycles. The number of hydrogen-bond acceptors (Lipinski definition) is 4. The first-order valence-electron chi connectivity index (χ1n) is 12.3. The van der Waals surface area contributed by atoms with Crippen LogP contribution in [0.2, 0.25) is 10.0 Å². The number of carbonyl (C=O) groups excluding carboxylic acids is 2. The second-order valence-corrected chi connectivity index (χ2v) is 9.82. The van der Waals surface area contributed by atoms with Crippen LogP contribution in [-0.2, 0) is 15.9 Å². The number of carbonyl (C=O) groups is 2. The summed E-state index contributed by atoms with van der Waals surface area (Å²) in [4.78, 5) is 23.9. The summed E-state index contributed by atoms with van der Waals surface area (Å²) in [6.45, 7) is 1.28. The highest BCUT2D eigenvalue weighted by molar-refractivity contribution is 6.34. The molecule has 2 saturated carbocycles. The highest BCUT2D eigenvalue weighted by Gasteiger charge is 2.25. The molecule has 0 saturated heterocycles. The Balaban J connectivity index is 0.000000201. The van der Waals surface area contributed by atoms with Crippen molar-refractivity contribution in [3.05, 3.63) is 74.8 Å². The Kier molecular flexibility index (Phi) is 11.3. The molecule has 2 fully saturated rings. The fourth-order valence-electron chi connectivity index (χ4n) is 3.41. The van der Waals surface area contributed by atoms with Gasteiger partial charge in [-0.25, -0.2) is 0 Å². The van der Waals surface area contributed by atoms with Gasteiger partial charge in [0.05, 0.1) is 27.8 Å². The van der Waals surface area contributed by atoms with E-state index in [-0.39, 0.29) is 11.8 Å². The number of halogens is 2. The molecule has 0 atom stereocenters. The number of benzene rings is 2. The third kappa shape index (κ3) is 9.58. The maximum atomic E-state index is 12.0. The quantitative estimate of drug-likeness (QED) is 0.363. The number of nitrogens with one attached hydrogen (secondary N) is 2. The maximum absolute atomic E-state index is 12.0. The third-order valence-electron chi connectivity index (χ3n) is 5.72. The zero-order chi connectivity index (χ0) is 25.9. The molecule has 2 aliphatic carbocycles. The van der Waals surface area contributed by atoms with E-state index in [1.165, 1.54) is 0 Å². The number of hydrogen-bond donors (Lipinski definition) is 2. The molecule has 0 radical (unpaired) electrons. The van der Waals surface area contributed by atoms with Crippen LogP contribution in [0.5, 0.6) is 0 Å². The standard InChI is InChI=1S/C14H18ClNO2.C14H16ClNO2/c2*1-18-8-2-3-10-4-7-13(15)12(9-10)14(17)16-11-5-6-11/h4,7,9,11H,2-3,5-6,8H2,1H3,(H,16,17);2-4,7,9,11H,5-6,8H2,1H3,(H,16,17)/b;3-2+. The van der Waals surface area contributed by atoms with Crippen molar-refractivity contribution >= 4 is 41.1 Å². The number of methoxy groups -OCH3 is 2. The number of rotatable bonds is 11. The Hall–Kier alpha value is -2.38. The minimum absolute atomic E-state index is 0.0592. The van der Waals surface area contributed by atoms with E-state index in [4.69, 9.17) is 32.7 Å². The molecule has 0 aliphatic heterocycles. The van der Waals surface area contributed by atoms with Crippen molar-refractivity contribution in [3.63, 3.8) is 0 Å². The fraction of sp³-hybridized carbons (Fsp3) is 0.429. The van der Waals surface area contributed by atoms with E-state index in [2.05, 4.69) is 10.6 Å². The Bertz CT molecular complexity index is 1070. The molecule has 0 aromatic heterocycles. The average molecular weight is 533 g/mol.